The van der Waals surface area contributed by atoms with Gasteiger partial charge in [0.1, 0.15) is 0 Å². The molecule has 0 N–H and O–H groups in total. The molecule has 1 aliphatic rings. The molecule has 1 fully saturated rings. The molecule has 1 nitrogen and oxygen atoms in total. The van der Waals surface area contributed by atoms with Crippen LogP contribution in [0.25, 0.3) is 0 Å². The molecule has 16 heavy (non-hydrogen) atoms. The summed E-state index contributed by atoms with van der Waals surface area (Å²) in [6, 6.07) is 0. The van der Waals surface area contributed by atoms with Crippen molar-refractivity contribution >= 4 is 0 Å². The number of hydrogen-bond acceptors (Lipinski definition) is 1. The van der Waals surface area contributed by atoms with Crippen LogP contribution in [-0.4, -0.2) is 24.5 Å². The van der Waals surface area contributed by atoms with E-state index in [0.717, 1.165) is 5.92 Å². The Balaban J connectivity index is 1.90. The Kier molecular flexibility index (Phi) is 7.92. The Morgan fingerprint density at radius 1 is 0.875 bits per heavy atom. The summed E-state index contributed by atoms with van der Waals surface area (Å²) in [5.41, 5.74) is 0. The van der Waals surface area contributed by atoms with Crippen molar-refractivity contribution < 1.29 is 0 Å². The second kappa shape index (κ2) is 9.04. The van der Waals surface area contributed by atoms with Crippen LogP contribution in [-0.2, 0) is 0 Å². The van der Waals surface area contributed by atoms with E-state index in [-0.39, 0.29) is 0 Å². The third-order valence-electron chi connectivity index (χ3n) is 4.11. The van der Waals surface area contributed by atoms with Crippen LogP contribution in [0.5, 0.6) is 0 Å². The molecular weight excluding hydrogens is 194 g/mol. The van der Waals surface area contributed by atoms with Gasteiger partial charge in [0.2, 0.25) is 0 Å². The van der Waals surface area contributed by atoms with Crippen LogP contribution < -0.4 is 0 Å². The average molecular weight is 225 g/mol. The van der Waals surface area contributed by atoms with E-state index < -0.39 is 0 Å². The molecule has 0 spiro atoms. The molecule has 0 aromatic rings. The molecule has 96 valence electrons. The SMILES string of the molecule is CCCCCCCCN1CCC(CC)CC1. The van der Waals surface area contributed by atoms with Gasteiger partial charge in [-0.2, -0.15) is 0 Å². The van der Waals surface area contributed by atoms with E-state index in [1.54, 1.807) is 0 Å². The first kappa shape index (κ1) is 14.0. The Hall–Kier alpha value is -0.0400. The van der Waals surface area contributed by atoms with E-state index in [0.29, 0.717) is 0 Å². The number of likely N-dealkylation sites (tertiary alicyclic amines) is 1. The van der Waals surface area contributed by atoms with Crippen molar-refractivity contribution in [1.29, 1.82) is 0 Å². The number of unbranched alkanes of at least 4 members (excludes halogenated alkanes) is 5. The molecule has 0 aliphatic carbocycles. The van der Waals surface area contributed by atoms with Crippen molar-refractivity contribution in [3.8, 4) is 0 Å². The fraction of sp³-hybridized carbons (Fsp3) is 1.00. The van der Waals surface area contributed by atoms with Gasteiger partial charge in [-0.3, -0.25) is 0 Å². The molecular formula is C15H31N. The van der Waals surface area contributed by atoms with Gasteiger partial charge in [0, 0.05) is 0 Å². The normalized spacial score (nSPS) is 19.1. The predicted octanol–water partition coefficient (Wildman–Crippen LogP) is 4.47. The van der Waals surface area contributed by atoms with Crippen LogP contribution in [0.1, 0.15) is 71.6 Å². The summed E-state index contributed by atoms with van der Waals surface area (Å²) >= 11 is 0. The zero-order chi connectivity index (χ0) is 11.6. The maximum absolute atomic E-state index is 2.69. The highest BCUT2D eigenvalue weighted by Crippen LogP contribution is 2.20. The van der Waals surface area contributed by atoms with Crippen molar-refractivity contribution in [3.05, 3.63) is 0 Å². The van der Waals surface area contributed by atoms with E-state index in [2.05, 4.69) is 18.7 Å². The zero-order valence-corrected chi connectivity index (χ0v) is 11.5. The number of rotatable bonds is 8. The van der Waals surface area contributed by atoms with E-state index in [9.17, 15) is 0 Å². The van der Waals surface area contributed by atoms with E-state index in [1.165, 1.54) is 77.4 Å². The van der Waals surface area contributed by atoms with Crippen LogP contribution in [0.3, 0.4) is 0 Å². The molecule has 0 bridgehead atoms. The van der Waals surface area contributed by atoms with Gasteiger partial charge in [0.25, 0.3) is 0 Å². The Morgan fingerprint density at radius 2 is 1.50 bits per heavy atom. The van der Waals surface area contributed by atoms with E-state index >= 15 is 0 Å². The fourth-order valence-electron chi connectivity index (χ4n) is 2.73. The lowest BCUT2D eigenvalue weighted by Gasteiger charge is -2.31. The lowest BCUT2D eigenvalue weighted by atomic mass is 9.94. The first-order chi connectivity index (χ1) is 7.86. The molecule has 0 unspecified atom stereocenters. The molecule has 1 saturated heterocycles. The van der Waals surface area contributed by atoms with Crippen LogP contribution in [0.4, 0.5) is 0 Å². The van der Waals surface area contributed by atoms with Gasteiger partial charge in [0.15, 0.2) is 0 Å². The second-order valence-electron chi connectivity index (χ2n) is 5.46. The minimum Gasteiger partial charge on any atom is -0.303 e. The van der Waals surface area contributed by atoms with Crippen molar-refractivity contribution in [2.24, 2.45) is 5.92 Å². The fourth-order valence-corrected chi connectivity index (χ4v) is 2.73. The van der Waals surface area contributed by atoms with Crippen molar-refractivity contribution in [1.82, 2.24) is 4.90 Å². The quantitative estimate of drug-likeness (QED) is 0.551. The first-order valence-corrected chi connectivity index (χ1v) is 7.59. The maximum atomic E-state index is 2.69. The number of piperidine rings is 1. The Labute approximate surface area is 103 Å². The summed E-state index contributed by atoms with van der Waals surface area (Å²) in [4.78, 5) is 2.69. The summed E-state index contributed by atoms with van der Waals surface area (Å²) < 4.78 is 0. The number of hydrogen-bond donors (Lipinski definition) is 0. The molecule has 0 saturated carbocycles. The van der Waals surface area contributed by atoms with Gasteiger partial charge in [-0.1, -0.05) is 52.4 Å². The molecule has 1 aliphatic heterocycles. The summed E-state index contributed by atoms with van der Waals surface area (Å²) in [6.07, 6.45) is 12.9. The van der Waals surface area contributed by atoms with Crippen LogP contribution in [0, 0.1) is 5.92 Å². The highest BCUT2D eigenvalue weighted by Gasteiger charge is 2.16. The van der Waals surface area contributed by atoms with Gasteiger partial charge < -0.3 is 4.90 Å². The predicted molar refractivity (Wildman–Crippen MR) is 72.8 cm³/mol. The second-order valence-corrected chi connectivity index (χ2v) is 5.46. The zero-order valence-electron chi connectivity index (χ0n) is 11.5. The van der Waals surface area contributed by atoms with Gasteiger partial charge in [-0.05, 0) is 44.8 Å². The summed E-state index contributed by atoms with van der Waals surface area (Å²) in [7, 11) is 0. The molecule has 1 rings (SSSR count). The third-order valence-corrected chi connectivity index (χ3v) is 4.11. The number of nitrogens with zero attached hydrogens (tertiary/aromatic N) is 1. The van der Waals surface area contributed by atoms with Gasteiger partial charge in [-0.25, -0.2) is 0 Å². The topological polar surface area (TPSA) is 3.24 Å². The summed E-state index contributed by atoms with van der Waals surface area (Å²) in [5.74, 6) is 1.03. The molecule has 0 aromatic heterocycles. The Morgan fingerprint density at radius 3 is 2.12 bits per heavy atom. The largest absolute Gasteiger partial charge is 0.303 e. The first-order valence-electron chi connectivity index (χ1n) is 7.59. The third kappa shape index (κ3) is 5.89. The van der Waals surface area contributed by atoms with Crippen LogP contribution >= 0.6 is 0 Å². The smallest absolute Gasteiger partial charge is 0.00161 e. The van der Waals surface area contributed by atoms with E-state index in [1.807, 2.05) is 0 Å². The molecule has 0 radical (unpaired) electrons. The minimum absolute atomic E-state index is 1.03. The molecule has 0 amide bonds. The lowest BCUT2D eigenvalue weighted by Crippen LogP contribution is -2.34. The molecule has 0 atom stereocenters. The van der Waals surface area contributed by atoms with Crippen LogP contribution in [0.15, 0.2) is 0 Å². The minimum atomic E-state index is 1.03. The van der Waals surface area contributed by atoms with Crippen LogP contribution in [0.2, 0.25) is 0 Å². The maximum Gasteiger partial charge on any atom is -0.00161 e. The average Bonchev–Trinajstić information content (AvgIpc) is 2.34. The highest BCUT2D eigenvalue weighted by molar-refractivity contribution is 4.71. The Bertz CT molecular complexity index is 148. The van der Waals surface area contributed by atoms with Gasteiger partial charge in [-0.15, -0.1) is 0 Å². The standard InChI is InChI=1S/C15H31N/c1-3-5-6-7-8-9-12-16-13-10-15(4-2)11-14-16/h15H,3-14H2,1-2H3. The highest BCUT2D eigenvalue weighted by atomic mass is 15.1. The molecule has 1 heteroatoms. The van der Waals surface area contributed by atoms with Crippen molar-refractivity contribution in [3.63, 3.8) is 0 Å². The molecule has 1 heterocycles. The van der Waals surface area contributed by atoms with Crippen molar-refractivity contribution in [2.75, 3.05) is 19.6 Å². The van der Waals surface area contributed by atoms with Gasteiger partial charge >= 0.3 is 0 Å². The summed E-state index contributed by atoms with van der Waals surface area (Å²) in [6.45, 7) is 8.73. The lowest BCUT2D eigenvalue weighted by molar-refractivity contribution is 0.179. The monoisotopic (exact) mass is 225 g/mol. The van der Waals surface area contributed by atoms with Crippen molar-refractivity contribution in [2.45, 2.75) is 71.6 Å². The summed E-state index contributed by atoms with van der Waals surface area (Å²) in [5, 5.41) is 0. The van der Waals surface area contributed by atoms with Gasteiger partial charge in [0.05, 0.1) is 0 Å². The molecule has 0 aromatic carbocycles. The van der Waals surface area contributed by atoms with E-state index in [4.69, 9.17) is 0 Å².